The van der Waals surface area contributed by atoms with E-state index in [2.05, 4.69) is 10.6 Å². The molecular weight excluding hydrogens is 216 g/mol. The van der Waals surface area contributed by atoms with Crippen molar-refractivity contribution in [2.24, 2.45) is 0 Å². The van der Waals surface area contributed by atoms with E-state index in [9.17, 15) is 4.79 Å². The minimum absolute atomic E-state index is 0.0805. The molecule has 0 radical (unpaired) electrons. The number of hydrogen-bond donors (Lipinski definition) is 2. The number of hydrogen-bond acceptors (Lipinski definition) is 2. The zero-order valence-electron chi connectivity index (χ0n) is 10.6. The maximum absolute atomic E-state index is 11.5. The van der Waals surface area contributed by atoms with Crippen LogP contribution in [0.3, 0.4) is 0 Å². The zero-order chi connectivity index (χ0) is 12.7. The minimum atomic E-state index is -0.148. The Bertz CT molecular complexity index is 366. The molecule has 0 spiro atoms. The summed E-state index contributed by atoms with van der Waals surface area (Å²) in [5.41, 5.74) is 0.974. The molecule has 0 heterocycles. The van der Waals surface area contributed by atoms with Gasteiger partial charge in [-0.05, 0) is 19.4 Å². The normalized spacial score (nSPS) is 11.7. The highest BCUT2D eigenvalue weighted by Crippen LogP contribution is 2.23. The van der Waals surface area contributed by atoms with Crippen LogP contribution in [0.1, 0.15) is 31.9 Å². The second kappa shape index (κ2) is 6.78. The Morgan fingerprint density at radius 2 is 2.12 bits per heavy atom. The Balaban J connectivity index is 2.62. The Hall–Kier alpha value is -1.71. The van der Waals surface area contributed by atoms with Crippen LogP contribution in [0.4, 0.5) is 4.79 Å². The van der Waals surface area contributed by atoms with E-state index in [1.54, 1.807) is 7.11 Å². The maximum Gasteiger partial charge on any atom is 0.315 e. The first-order valence-corrected chi connectivity index (χ1v) is 5.86. The fourth-order valence-electron chi connectivity index (χ4n) is 1.59. The van der Waals surface area contributed by atoms with Crippen molar-refractivity contribution in [1.82, 2.24) is 10.6 Å². The van der Waals surface area contributed by atoms with Gasteiger partial charge >= 0.3 is 6.03 Å². The van der Waals surface area contributed by atoms with Crippen molar-refractivity contribution in [2.75, 3.05) is 13.7 Å². The zero-order valence-corrected chi connectivity index (χ0v) is 10.6. The van der Waals surface area contributed by atoms with Crippen LogP contribution < -0.4 is 15.4 Å². The average Bonchev–Trinajstić information content (AvgIpc) is 2.36. The third-order valence-corrected chi connectivity index (χ3v) is 2.49. The van der Waals surface area contributed by atoms with E-state index in [0.717, 1.165) is 17.7 Å². The van der Waals surface area contributed by atoms with Crippen LogP contribution in [0.25, 0.3) is 0 Å². The van der Waals surface area contributed by atoms with Crippen LogP contribution >= 0.6 is 0 Å². The van der Waals surface area contributed by atoms with Gasteiger partial charge in [0.25, 0.3) is 0 Å². The van der Waals surface area contributed by atoms with Crippen molar-refractivity contribution in [3.05, 3.63) is 29.8 Å². The number of methoxy groups -OCH3 is 1. The number of rotatable bonds is 5. The van der Waals surface area contributed by atoms with Crippen molar-refractivity contribution in [1.29, 1.82) is 0 Å². The number of ether oxygens (including phenoxy) is 1. The molecule has 0 aliphatic carbocycles. The number of urea groups is 1. The summed E-state index contributed by atoms with van der Waals surface area (Å²) in [6.07, 6.45) is 0.927. The smallest absolute Gasteiger partial charge is 0.315 e. The predicted molar refractivity (Wildman–Crippen MR) is 68.2 cm³/mol. The molecule has 2 amide bonds. The van der Waals surface area contributed by atoms with Gasteiger partial charge in [-0.1, -0.05) is 25.1 Å². The standard InChI is InChI=1S/C13H20N2O2/c1-4-9-14-13(16)15-10(2)11-7-5-6-8-12(11)17-3/h5-8,10H,4,9H2,1-3H3,(H2,14,15,16)/t10-/m0/s1. The molecule has 0 bridgehead atoms. The number of amides is 2. The number of benzene rings is 1. The van der Waals surface area contributed by atoms with Gasteiger partial charge in [0.1, 0.15) is 5.75 Å². The molecule has 0 fully saturated rings. The number of carbonyl (C=O) groups is 1. The molecule has 1 aromatic rings. The highest BCUT2D eigenvalue weighted by molar-refractivity contribution is 5.74. The molecule has 2 N–H and O–H groups in total. The summed E-state index contributed by atoms with van der Waals surface area (Å²) in [5.74, 6) is 0.788. The first-order chi connectivity index (χ1) is 8.19. The van der Waals surface area contributed by atoms with E-state index in [4.69, 9.17) is 4.74 Å². The van der Waals surface area contributed by atoms with Gasteiger partial charge in [-0.15, -0.1) is 0 Å². The molecule has 0 unspecified atom stereocenters. The molecule has 1 aromatic carbocycles. The molecule has 0 aliphatic heterocycles. The van der Waals surface area contributed by atoms with Crippen LogP contribution in [-0.2, 0) is 0 Å². The minimum Gasteiger partial charge on any atom is -0.496 e. The van der Waals surface area contributed by atoms with Gasteiger partial charge in [0, 0.05) is 12.1 Å². The predicted octanol–water partition coefficient (Wildman–Crippen LogP) is 2.47. The molecule has 4 nitrogen and oxygen atoms in total. The highest BCUT2D eigenvalue weighted by Gasteiger charge is 2.12. The Morgan fingerprint density at radius 1 is 1.41 bits per heavy atom. The Labute approximate surface area is 102 Å². The van der Waals surface area contributed by atoms with Crippen molar-refractivity contribution in [3.63, 3.8) is 0 Å². The summed E-state index contributed by atoms with van der Waals surface area (Å²) in [6, 6.07) is 7.45. The summed E-state index contributed by atoms with van der Waals surface area (Å²) >= 11 is 0. The molecule has 0 aliphatic rings. The molecule has 17 heavy (non-hydrogen) atoms. The van der Waals surface area contributed by atoms with E-state index in [-0.39, 0.29) is 12.1 Å². The van der Waals surface area contributed by atoms with Crippen molar-refractivity contribution in [3.8, 4) is 5.75 Å². The second-order valence-corrected chi connectivity index (χ2v) is 3.86. The third-order valence-electron chi connectivity index (χ3n) is 2.49. The molecule has 0 aromatic heterocycles. The van der Waals surface area contributed by atoms with Crippen LogP contribution in [0.2, 0.25) is 0 Å². The van der Waals surface area contributed by atoms with E-state index in [1.807, 2.05) is 38.1 Å². The van der Waals surface area contributed by atoms with E-state index < -0.39 is 0 Å². The number of nitrogens with one attached hydrogen (secondary N) is 2. The summed E-state index contributed by atoms with van der Waals surface area (Å²) < 4.78 is 5.26. The fourth-order valence-corrected chi connectivity index (χ4v) is 1.59. The van der Waals surface area contributed by atoms with E-state index in [1.165, 1.54) is 0 Å². The summed E-state index contributed by atoms with van der Waals surface area (Å²) in [6.45, 7) is 4.64. The van der Waals surface area contributed by atoms with Crippen LogP contribution in [0, 0.1) is 0 Å². The Morgan fingerprint density at radius 3 is 2.76 bits per heavy atom. The molecule has 0 saturated carbocycles. The largest absolute Gasteiger partial charge is 0.496 e. The van der Waals surface area contributed by atoms with Crippen LogP contribution in [-0.4, -0.2) is 19.7 Å². The van der Waals surface area contributed by atoms with Gasteiger partial charge in [-0.25, -0.2) is 4.79 Å². The summed E-state index contributed by atoms with van der Waals surface area (Å²) in [7, 11) is 1.63. The lowest BCUT2D eigenvalue weighted by molar-refractivity contribution is 0.237. The fraction of sp³-hybridized carbons (Fsp3) is 0.462. The molecule has 1 rings (SSSR count). The van der Waals surface area contributed by atoms with Crippen molar-refractivity contribution in [2.45, 2.75) is 26.3 Å². The summed E-state index contributed by atoms with van der Waals surface area (Å²) in [4.78, 5) is 11.5. The lowest BCUT2D eigenvalue weighted by Crippen LogP contribution is -2.37. The van der Waals surface area contributed by atoms with Crippen molar-refractivity contribution >= 4 is 6.03 Å². The summed E-state index contributed by atoms with van der Waals surface area (Å²) in [5, 5.41) is 5.66. The molecular formula is C13H20N2O2. The molecule has 94 valence electrons. The topological polar surface area (TPSA) is 50.4 Å². The first kappa shape index (κ1) is 13.4. The van der Waals surface area contributed by atoms with Gasteiger partial charge < -0.3 is 15.4 Å². The van der Waals surface area contributed by atoms with E-state index >= 15 is 0 Å². The van der Waals surface area contributed by atoms with Gasteiger partial charge in [0.15, 0.2) is 0 Å². The van der Waals surface area contributed by atoms with Gasteiger partial charge in [0.05, 0.1) is 13.2 Å². The maximum atomic E-state index is 11.5. The Kier molecular flexibility index (Phi) is 5.33. The molecule has 1 atom stereocenters. The SMILES string of the molecule is CCCNC(=O)N[C@@H](C)c1ccccc1OC. The second-order valence-electron chi connectivity index (χ2n) is 3.86. The van der Waals surface area contributed by atoms with Crippen LogP contribution in [0.5, 0.6) is 5.75 Å². The quantitative estimate of drug-likeness (QED) is 0.825. The lowest BCUT2D eigenvalue weighted by atomic mass is 10.1. The first-order valence-electron chi connectivity index (χ1n) is 5.86. The van der Waals surface area contributed by atoms with Gasteiger partial charge in [-0.2, -0.15) is 0 Å². The monoisotopic (exact) mass is 236 g/mol. The van der Waals surface area contributed by atoms with E-state index in [0.29, 0.717) is 6.54 Å². The number of para-hydroxylation sites is 1. The average molecular weight is 236 g/mol. The van der Waals surface area contributed by atoms with Gasteiger partial charge in [0.2, 0.25) is 0 Å². The lowest BCUT2D eigenvalue weighted by Gasteiger charge is -2.17. The van der Waals surface area contributed by atoms with Crippen LogP contribution in [0.15, 0.2) is 24.3 Å². The van der Waals surface area contributed by atoms with Gasteiger partial charge in [-0.3, -0.25) is 0 Å². The number of carbonyl (C=O) groups excluding carboxylic acids is 1. The molecule has 4 heteroatoms. The highest BCUT2D eigenvalue weighted by atomic mass is 16.5. The van der Waals surface area contributed by atoms with Crippen molar-refractivity contribution < 1.29 is 9.53 Å². The molecule has 0 saturated heterocycles. The third kappa shape index (κ3) is 3.98.